The molecule has 0 radical (unpaired) electrons. The standard InChI is InChI=1S/C20H40N4O/c1-6-21-19(23-13-10-18(11-14-23)25-7-2)22-16-20(4,5)24-12-8-9-17(3)15-24/h17-18H,6-16H2,1-5H3,(H,21,22). The molecule has 1 N–H and O–H groups in total. The molecular formula is C20H40N4O. The van der Waals surface area contributed by atoms with Crippen LogP contribution in [-0.2, 0) is 4.74 Å². The number of hydrogen-bond acceptors (Lipinski definition) is 3. The number of aliphatic imine (C=N–C) groups is 1. The number of guanidine groups is 1. The van der Waals surface area contributed by atoms with Crippen LogP contribution in [-0.4, -0.2) is 73.3 Å². The maximum Gasteiger partial charge on any atom is 0.193 e. The van der Waals surface area contributed by atoms with Gasteiger partial charge in [0.05, 0.1) is 12.6 Å². The zero-order chi connectivity index (χ0) is 18.3. The van der Waals surface area contributed by atoms with Crippen molar-refractivity contribution < 1.29 is 4.74 Å². The van der Waals surface area contributed by atoms with E-state index in [0.29, 0.717) is 6.10 Å². The van der Waals surface area contributed by atoms with Gasteiger partial charge in [-0.3, -0.25) is 9.89 Å². The number of rotatable bonds is 6. The molecule has 0 aromatic heterocycles. The molecule has 0 bridgehead atoms. The summed E-state index contributed by atoms with van der Waals surface area (Å²) in [5.74, 6) is 1.89. The molecule has 0 aromatic carbocycles. The van der Waals surface area contributed by atoms with Gasteiger partial charge in [0.15, 0.2) is 5.96 Å². The zero-order valence-corrected chi connectivity index (χ0v) is 17.2. The summed E-state index contributed by atoms with van der Waals surface area (Å²) in [6, 6.07) is 0. The van der Waals surface area contributed by atoms with E-state index in [1.54, 1.807) is 0 Å². The van der Waals surface area contributed by atoms with E-state index in [4.69, 9.17) is 9.73 Å². The molecule has 5 heteroatoms. The van der Waals surface area contributed by atoms with Crippen LogP contribution in [0.4, 0.5) is 0 Å². The van der Waals surface area contributed by atoms with Crippen LogP contribution in [0.25, 0.3) is 0 Å². The minimum atomic E-state index is 0.124. The maximum atomic E-state index is 5.78. The van der Waals surface area contributed by atoms with Gasteiger partial charge in [-0.2, -0.15) is 0 Å². The predicted molar refractivity (Wildman–Crippen MR) is 106 cm³/mol. The largest absolute Gasteiger partial charge is 0.378 e. The maximum absolute atomic E-state index is 5.78. The van der Waals surface area contributed by atoms with Gasteiger partial charge in [-0.05, 0) is 65.8 Å². The first-order chi connectivity index (χ1) is 12.0. The topological polar surface area (TPSA) is 40.1 Å². The highest BCUT2D eigenvalue weighted by Crippen LogP contribution is 2.24. The second-order valence-electron chi connectivity index (χ2n) is 8.32. The Morgan fingerprint density at radius 3 is 2.48 bits per heavy atom. The van der Waals surface area contributed by atoms with Gasteiger partial charge in [0, 0.05) is 38.3 Å². The van der Waals surface area contributed by atoms with Crippen LogP contribution in [0.5, 0.6) is 0 Å². The minimum absolute atomic E-state index is 0.124. The lowest BCUT2D eigenvalue weighted by atomic mass is 9.94. The lowest BCUT2D eigenvalue weighted by Gasteiger charge is -2.42. The molecule has 2 aliphatic heterocycles. The first-order valence-electron chi connectivity index (χ1n) is 10.4. The number of nitrogens with zero attached hydrogens (tertiary/aromatic N) is 3. The molecule has 1 atom stereocenters. The molecule has 2 rings (SSSR count). The average molecular weight is 353 g/mol. The van der Waals surface area contributed by atoms with Crippen molar-refractivity contribution in [3.05, 3.63) is 0 Å². The Kier molecular flexibility index (Phi) is 8.01. The van der Waals surface area contributed by atoms with Gasteiger partial charge in [-0.15, -0.1) is 0 Å². The average Bonchev–Trinajstić information content (AvgIpc) is 2.60. The van der Waals surface area contributed by atoms with Gasteiger partial charge < -0.3 is 15.0 Å². The summed E-state index contributed by atoms with van der Waals surface area (Å²) in [5.41, 5.74) is 0.124. The van der Waals surface area contributed by atoms with E-state index in [9.17, 15) is 0 Å². The molecule has 25 heavy (non-hydrogen) atoms. The Balaban J connectivity index is 1.94. The summed E-state index contributed by atoms with van der Waals surface area (Å²) in [6.45, 7) is 18.4. The van der Waals surface area contributed by atoms with Crippen molar-refractivity contribution in [1.82, 2.24) is 15.1 Å². The number of piperidine rings is 2. The fraction of sp³-hybridized carbons (Fsp3) is 0.950. The van der Waals surface area contributed by atoms with Gasteiger partial charge >= 0.3 is 0 Å². The van der Waals surface area contributed by atoms with Gasteiger partial charge in [0.25, 0.3) is 0 Å². The smallest absolute Gasteiger partial charge is 0.193 e. The normalized spacial score (nSPS) is 24.6. The van der Waals surface area contributed by atoms with Crippen molar-refractivity contribution in [2.75, 3.05) is 45.9 Å². The molecule has 2 fully saturated rings. The van der Waals surface area contributed by atoms with Crippen LogP contribution in [0, 0.1) is 5.92 Å². The Morgan fingerprint density at radius 2 is 1.88 bits per heavy atom. The summed E-state index contributed by atoms with van der Waals surface area (Å²) < 4.78 is 5.78. The van der Waals surface area contributed by atoms with Crippen molar-refractivity contribution >= 4 is 5.96 Å². The third kappa shape index (κ3) is 6.14. The fourth-order valence-corrected chi connectivity index (χ4v) is 4.00. The minimum Gasteiger partial charge on any atom is -0.378 e. The van der Waals surface area contributed by atoms with Crippen molar-refractivity contribution in [2.45, 2.75) is 71.9 Å². The first-order valence-corrected chi connectivity index (χ1v) is 10.4. The van der Waals surface area contributed by atoms with Crippen molar-refractivity contribution in [2.24, 2.45) is 10.9 Å². The van der Waals surface area contributed by atoms with E-state index < -0.39 is 0 Å². The van der Waals surface area contributed by atoms with Crippen molar-refractivity contribution in [3.8, 4) is 0 Å². The van der Waals surface area contributed by atoms with Crippen LogP contribution in [0.15, 0.2) is 4.99 Å². The molecule has 0 amide bonds. The molecule has 2 heterocycles. The van der Waals surface area contributed by atoms with Crippen molar-refractivity contribution in [1.29, 1.82) is 0 Å². The quantitative estimate of drug-likeness (QED) is 0.589. The number of hydrogen-bond donors (Lipinski definition) is 1. The number of likely N-dealkylation sites (tertiary alicyclic amines) is 2. The van der Waals surface area contributed by atoms with Crippen LogP contribution < -0.4 is 5.32 Å². The third-order valence-corrected chi connectivity index (χ3v) is 5.61. The molecular weight excluding hydrogens is 312 g/mol. The van der Waals surface area contributed by atoms with E-state index in [1.165, 1.54) is 25.9 Å². The molecule has 146 valence electrons. The Morgan fingerprint density at radius 1 is 1.16 bits per heavy atom. The molecule has 2 aliphatic rings. The van der Waals surface area contributed by atoms with Gasteiger partial charge in [-0.25, -0.2) is 0 Å². The Labute approximate surface area is 155 Å². The summed E-state index contributed by atoms with van der Waals surface area (Å²) in [6.07, 6.45) is 5.32. The van der Waals surface area contributed by atoms with Crippen LogP contribution >= 0.6 is 0 Å². The van der Waals surface area contributed by atoms with E-state index in [0.717, 1.165) is 57.5 Å². The summed E-state index contributed by atoms with van der Waals surface area (Å²) in [5, 5.41) is 3.50. The fourth-order valence-electron chi connectivity index (χ4n) is 4.00. The highest BCUT2D eigenvalue weighted by Gasteiger charge is 2.30. The Hall–Kier alpha value is -0.810. The Bertz CT molecular complexity index is 416. The van der Waals surface area contributed by atoms with Crippen LogP contribution in [0.3, 0.4) is 0 Å². The molecule has 0 spiro atoms. The second-order valence-corrected chi connectivity index (χ2v) is 8.32. The van der Waals surface area contributed by atoms with E-state index >= 15 is 0 Å². The highest BCUT2D eigenvalue weighted by molar-refractivity contribution is 5.80. The summed E-state index contributed by atoms with van der Waals surface area (Å²) in [4.78, 5) is 10.1. The molecule has 5 nitrogen and oxygen atoms in total. The molecule has 0 aromatic rings. The molecule has 0 aliphatic carbocycles. The monoisotopic (exact) mass is 352 g/mol. The SMILES string of the molecule is CCNC(=NCC(C)(C)N1CCCC(C)C1)N1CCC(OCC)CC1. The van der Waals surface area contributed by atoms with Gasteiger partial charge in [0.1, 0.15) is 0 Å². The highest BCUT2D eigenvalue weighted by atomic mass is 16.5. The van der Waals surface area contributed by atoms with E-state index in [1.807, 2.05) is 0 Å². The summed E-state index contributed by atoms with van der Waals surface area (Å²) >= 11 is 0. The van der Waals surface area contributed by atoms with Gasteiger partial charge in [-0.1, -0.05) is 6.92 Å². The lowest BCUT2D eigenvalue weighted by molar-refractivity contribution is 0.0262. The molecule has 1 unspecified atom stereocenters. The third-order valence-electron chi connectivity index (χ3n) is 5.61. The predicted octanol–water partition coefficient (Wildman–Crippen LogP) is 2.96. The summed E-state index contributed by atoms with van der Waals surface area (Å²) in [7, 11) is 0. The van der Waals surface area contributed by atoms with E-state index in [2.05, 4.69) is 49.7 Å². The lowest BCUT2D eigenvalue weighted by Crippen LogP contribution is -2.52. The van der Waals surface area contributed by atoms with E-state index in [-0.39, 0.29) is 5.54 Å². The number of ether oxygens (including phenoxy) is 1. The number of nitrogens with one attached hydrogen (secondary N) is 1. The molecule has 0 saturated carbocycles. The second kappa shape index (κ2) is 9.77. The van der Waals surface area contributed by atoms with Crippen LogP contribution in [0.2, 0.25) is 0 Å². The zero-order valence-electron chi connectivity index (χ0n) is 17.2. The van der Waals surface area contributed by atoms with Crippen molar-refractivity contribution in [3.63, 3.8) is 0 Å². The first kappa shape index (κ1) is 20.5. The molecule has 2 saturated heterocycles. The van der Waals surface area contributed by atoms with Crippen LogP contribution in [0.1, 0.15) is 60.3 Å². The van der Waals surface area contributed by atoms with Gasteiger partial charge in [0.2, 0.25) is 0 Å².